The summed E-state index contributed by atoms with van der Waals surface area (Å²) in [6.07, 6.45) is 3.35. The quantitative estimate of drug-likeness (QED) is 0.611. The first kappa shape index (κ1) is 7.76. The Hall–Kier alpha value is -1.61. The summed E-state index contributed by atoms with van der Waals surface area (Å²) in [6.45, 7) is 0. The summed E-state index contributed by atoms with van der Waals surface area (Å²) in [7, 11) is 0. The zero-order chi connectivity index (χ0) is 9.54. The molecule has 14 heavy (non-hydrogen) atoms. The van der Waals surface area contributed by atoms with Crippen molar-refractivity contribution >= 4 is 33.5 Å². The molecule has 0 saturated heterocycles. The molecule has 3 aromatic rings. The Morgan fingerprint density at radius 3 is 2.93 bits per heavy atom. The van der Waals surface area contributed by atoms with E-state index in [1.54, 1.807) is 18.6 Å². The summed E-state index contributed by atoms with van der Waals surface area (Å²) in [5.74, 6) is 0. The van der Waals surface area contributed by atoms with Crippen molar-refractivity contribution in [2.75, 3.05) is 0 Å². The maximum absolute atomic E-state index is 6.05. The first-order valence-electron chi connectivity index (χ1n) is 4.22. The van der Waals surface area contributed by atoms with Crippen LogP contribution in [0.25, 0.3) is 21.9 Å². The Balaban J connectivity index is 2.64. The van der Waals surface area contributed by atoms with Crippen LogP contribution in [0.15, 0.2) is 30.7 Å². The Labute approximate surface area is 84.7 Å². The molecule has 0 radical (unpaired) electrons. The number of pyridine rings is 1. The van der Waals surface area contributed by atoms with Crippen molar-refractivity contribution in [3.8, 4) is 0 Å². The molecule has 1 N–H and O–H groups in total. The van der Waals surface area contributed by atoms with E-state index in [-0.39, 0.29) is 0 Å². The minimum Gasteiger partial charge on any atom is -0.345 e. The van der Waals surface area contributed by atoms with Gasteiger partial charge in [-0.15, -0.1) is 0 Å². The Kier molecular flexibility index (Phi) is 1.49. The minimum atomic E-state index is 0.708. The van der Waals surface area contributed by atoms with E-state index in [9.17, 15) is 0 Å². The summed E-state index contributed by atoms with van der Waals surface area (Å²) in [5.41, 5.74) is 2.69. The maximum Gasteiger partial charge on any atom is 0.114 e. The molecule has 0 amide bonds. The lowest BCUT2D eigenvalue weighted by molar-refractivity contribution is 1.34. The molecule has 0 atom stereocenters. The lowest BCUT2D eigenvalue weighted by Crippen LogP contribution is -1.81. The zero-order valence-corrected chi connectivity index (χ0v) is 7.92. The molecule has 0 fully saturated rings. The standard InChI is InChI=1S/C10H6ClN3/c11-7-3-4-12-9-6(7)1-2-8-10(9)14-5-13-8/h1-5H,(H,13,14). The molecule has 4 heteroatoms. The van der Waals surface area contributed by atoms with Crippen LogP contribution < -0.4 is 0 Å². The predicted octanol–water partition coefficient (Wildman–Crippen LogP) is 2.76. The van der Waals surface area contributed by atoms with Crippen molar-refractivity contribution < 1.29 is 0 Å². The number of halogens is 1. The highest BCUT2D eigenvalue weighted by atomic mass is 35.5. The topological polar surface area (TPSA) is 41.6 Å². The van der Waals surface area contributed by atoms with Crippen molar-refractivity contribution in [1.29, 1.82) is 0 Å². The highest BCUT2D eigenvalue weighted by molar-refractivity contribution is 6.36. The van der Waals surface area contributed by atoms with Crippen LogP contribution in [0.1, 0.15) is 0 Å². The molecule has 0 aliphatic heterocycles. The van der Waals surface area contributed by atoms with Crippen LogP contribution in [0.3, 0.4) is 0 Å². The van der Waals surface area contributed by atoms with Gasteiger partial charge in [0.05, 0.1) is 22.4 Å². The molecule has 0 bridgehead atoms. The largest absolute Gasteiger partial charge is 0.345 e. The van der Waals surface area contributed by atoms with Gasteiger partial charge < -0.3 is 4.98 Å². The summed E-state index contributed by atoms with van der Waals surface area (Å²) >= 11 is 6.05. The summed E-state index contributed by atoms with van der Waals surface area (Å²) < 4.78 is 0. The third-order valence-corrected chi connectivity index (χ3v) is 2.58. The van der Waals surface area contributed by atoms with Gasteiger partial charge in [0, 0.05) is 11.6 Å². The van der Waals surface area contributed by atoms with Gasteiger partial charge in [-0.05, 0) is 18.2 Å². The summed E-state index contributed by atoms with van der Waals surface area (Å²) in [6, 6.07) is 5.69. The van der Waals surface area contributed by atoms with Crippen LogP contribution >= 0.6 is 11.6 Å². The summed E-state index contributed by atoms with van der Waals surface area (Å²) in [4.78, 5) is 11.5. The molecule has 0 spiro atoms. The smallest absolute Gasteiger partial charge is 0.114 e. The van der Waals surface area contributed by atoms with Crippen molar-refractivity contribution in [1.82, 2.24) is 15.0 Å². The van der Waals surface area contributed by atoms with Crippen molar-refractivity contribution in [2.24, 2.45) is 0 Å². The third-order valence-electron chi connectivity index (χ3n) is 2.25. The highest BCUT2D eigenvalue weighted by Crippen LogP contribution is 2.26. The first-order chi connectivity index (χ1) is 6.86. The molecular formula is C10H6ClN3. The fourth-order valence-electron chi connectivity index (χ4n) is 1.58. The molecule has 0 aliphatic carbocycles. The number of nitrogens with zero attached hydrogens (tertiary/aromatic N) is 2. The SMILES string of the molecule is Clc1ccnc2c1ccc1[nH]cnc12. The van der Waals surface area contributed by atoms with E-state index in [0.717, 1.165) is 21.9 Å². The summed E-state index contributed by atoms with van der Waals surface area (Å²) in [5, 5.41) is 1.65. The maximum atomic E-state index is 6.05. The van der Waals surface area contributed by atoms with Gasteiger partial charge in [-0.3, -0.25) is 4.98 Å². The predicted molar refractivity (Wildman–Crippen MR) is 56.4 cm³/mol. The molecule has 3 rings (SSSR count). The van der Waals surface area contributed by atoms with E-state index in [4.69, 9.17) is 11.6 Å². The van der Waals surface area contributed by atoms with Crippen LogP contribution in [0.4, 0.5) is 0 Å². The van der Waals surface area contributed by atoms with Gasteiger partial charge in [-0.25, -0.2) is 4.98 Å². The number of aromatic amines is 1. The van der Waals surface area contributed by atoms with Gasteiger partial charge in [-0.2, -0.15) is 0 Å². The second-order valence-electron chi connectivity index (χ2n) is 3.05. The molecule has 1 aromatic carbocycles. The average Bonchev–Trinajstić information content (AvgIpc) is 2.66. The number of nitrogens with one attached hydrogen (secondary N) is 1. The highest BCUT2D eigenvalue weighted by Gasteiger charge is 2.05. The van der Waals surface area contributed by atoms with E-state index >= 15 is 0 Å². The van der Waals surface area contributed by atoms with Gasteiger partial charge in [0.2, 0.25) is 0 Å². The Morgan fingerprint density at radius 2 is 2.00 bits per heavy atom. The van der Waals surface area contributed by atoms with E-state index in [0.29, 0.717) is 5.02 Å². The number of H-pyrrole nitrogens is 1. The number of aromatic nitrogens is 3. The molecular weight excluding hydrogens is 198 g/mol. The van der Waals surface area contributed by atoms with Crippen LogP contribution in [0, 0.1) is 0 Å². The zero-order valence-electron chi connectivity index (χ0n) is 7.16. The van der Waals surface area contributed by atoms with Crippen LogP contribution in [-0.2, 0) is 0 Å². The third kappa shape index (κ3) is 0.930. The molecule has 68 valence electrons. The normalized spacial score (nSPS) is 11.2. The fourth-order valence-corrected chi connectivity index (χ4v) is 1.79. The van der Waals surface area contributed by atoms with Gasteiger partial charge in [-0.1, -0.05) is 11.6 Å². The van der Waals surface area contributed by atoms with Gasteiger partial charge in [0.1, 0.15) is 5.52 Å². The number of hydrogen-bond acceptors (Lipinski definition) is 2. The number of rotatable bonds is 0. The average molecular weight is 204 g/mol. The lowest BCUT2D eigenvalue weighted by atomic mass is 10.2. The molecule has 0 unspecified atom stereocenters. The number of imidazole rings is 1. The molecule has 3 nitrogen and oxygen atoms in total. The number of benzene rings is 1. The molecule has 2 heterocycles. The lowest BCUT2D eigenvalue weighted by Gasteiger charge is -1.98. The second-order valence-corrected chi connectivity index (χ2v) is 3.46. The molecule has 0 saturated carbocycles. The number of hydrogen-bond donors (Lipinski definition) is 1. The van der Waals surface area contributed by atoms with Crippen LogP contribution in [0.2, 0.25) is 5.02 Å². The van der Waals surface area contributed by atoms with Crippen molar-refractivity contribution in [3.05, 3.63) is 35.7 Å². The van der Waals surface area contributed by atoms with Gasteiger partial charge in [0.25, 0.3) is 0 Å². The van der Waals surface area contributed by atoms with E-state index in [1.807, 2.05) is 12.1 Å². The van der Waals surface area contributed by atoms with Crippen LogP contribution in [-0.4, -0.2) is 15.0 Å². The fraction of sp³-hybridized carbons (Fsp3) is 0. The van der Waals surface area contributed by atoms with Gasteiger partial charge >= 0.3 is 0 Å². The van der Waals surface area contributed by atoms with Crippen molar-refractivity contribution in [2.45, 2.75) is 0 Å². The van der Waals surface area contributed by atoms with E-state index < -0.39 is 0 Å². The Bertz CT molecular complexity index is 615. The van der Waals surface area contributed by atoms with Crippen molar-refractivity contribution in [3.63, 3.8) is 0 Å². The second kappa shape index (κ2) is 2.69. The molecule has 2 aromatic heterocycles. The van der Waals surface area contributed by atoms with E-state index in [2.05, 4.69) is 15.0 Å². The minimum absolute atomic E-state index is 0.708. The number of fused-ring (bicyclic) bond motifs is 3. The first-order valence-corrected chi connectivity index (χ1v) is 4.60. The van der Waals surface area contributed by atoms with E-state index in [1.165, 1.54) is 0 Å². The molecule has 0 aliphatic rings. The van der Waals surface area contributed by atoms with Gasteiger partial charge in [0.15, 0.2) is 0 Å². The Morgan fingerprint density at radius 1 is 1.07 bits per heavy atom. The monoisotopic (exact) mass is 203 g/mol. The van der Waals surface area contributed by atoms with Crippen LogP contribution in [0.5, 0.6) is 0 Å².